The molecule has 13 heavy (non-hydrogen) atoms. The molecule has 1 aromatic rings. The Morgan fingerprint density at radius 2 is 1.92 bits per heavy atom. The first-order valence-electron chi connectivity index (χ1n) is 4.71. The fourth-order valence-electron chi connectivity index (χ4n) is 1.42. The summed E-state index contributed by atoms with van der Waals surface area (Å²) >= 11 is 0. The summed E-state index contributed by atoms with van der Waals surface area (Å²) in [6, 6.07) is 10.1. The highest BCUT2D eigenvalue weighted by molar-refractivity contribution is 5.15. The normalized spacial score (nSPS) is 15.3. The molecule has 1 aromatic carbocycles. The molecular weight excluding hydrogens is 162 g/mol. The maximum atomic E-state index is 9.25. The second kappa shape index (κ2) is 5.00. The molecule has 0 aliphatic rings. The third kappa shape index (κ3) is 3.17. The number of hydrogen-bond donors (Lipinski definition) is 2. The lowest BCUT2D eigenvalue weighted by Crippen LogP contribution is -2.30. The molecule has 0 amide bonds. The number of aliphatic hydroxyl groups is 1. The highest BCUT2D eigenvalue weighted by atomic mass is 16.3. The van der Waals surface area contributed by atoms with Crippen LogP contribution in [0.15, 0.2) is 30.3 Å². The Hall–Kier alpha value is -0.860. The van der Waals surface area contributed by atoms with E-state index >= 15 is 0 Å². The molecule has 0 fully saturated rings. The summed E-state index contributed by atoms with van der Waals surface area (Å²) in [5, 5.41) is 9.25. The Kier molecular flexibility index (Phi) is 3.93. The van der Waals surface area contributed by atoms with Crippen LogP contribution in [0.5, 0.6) is 0 Å². The van der Waals surface area contributed by atoms with Gasteiger partial charge in [-0.05, 0) is 18.4 Å². The van der Waals surface area contributed by atoms with Crippen molar-refractivity contribution in [3.8, 4) is 0 Å². The Labute approximate surface area is 79.4 Å². The monoisotopic (exact) mass is 179 g/mol. The molecule has 0 bridgehead atoms. The van der Waals surface area contributed by atoms with Gasteiger partial charge in [-0.15, -0.1) is 0 Å². The van der Waals surface area contributed by atoms with Crippen LogP contribution in [-0.2, 0) is 6.42 Å². The minimum atomic E-state index is -0.704. The third-order valence-corrected chi connectivity index (χ3v) is 2.35. The molecular formula is C11H17NO. The molecule has 0 heterocycles. The molecule has 0 aromatic heterocycles. The van der Waals surface area contributed by atoms with Crippen molar-refractivity contribution in [1.82, 2.24) is 0 Å². The van der Waals surface area contributed by atoms with Crippen molar-refractivity contribution in [1.29, 1.82) is 0 Å². The largest absolute Gasteiger partial charge is 0.379 e. The van der Waals surface area contributed by atoms with Crippen molar-refractivity contribution in [2.45, 2.75) is 26.0 Å². The van der Waals surface area contributed by atoms with Gasteiger partial charge in [0, 0.05) is 5.92 Å². The first-order chi connectivity index (χ1) is 6.24. The summed E-state index contributed by atoms with van der Waals surface area (Å²) in [7, 11) is 0. The number of benzene rings is 1. The van der Waals surface area contributed by atoms with Gasteiger partial charge in [0.1, 0.15) is 6.23 Å². The van der Waals surface area contributed by atoms with E-state index in [1.807, 2.05) is 25.1 Å². The quantitative estimate of drug-likeness (QED) is 0.688. The standard InChI is InChI=1S/C11H17NO/c1-2-10(11(12)13)8-9-6-4-3-5-7-9/h3-7,10-11,13H,2,8,12H2,1H3/t10?,11-/m0/s1. The molecule has 2 heteroatoms. The van der Waals surface area contributed by atoms with Crippen LogP contribution in [-0.4, -0.2) is 11.3 Å². The second-order valence-corrected chi connectivity index (χ2v) is 3.35. The van der Waals surface area contributed by atoms with Crippen molar-refractivity contribution in [3.05, 3.63) is 35.9 Å². The molecule has 2 atom stereocenters. The molecule has 1 unspecified atom stereocenters. The maximum absolute atomic E-state index is 9.25. The molecule has 0 saturated carbocycles. The van der Waals surface area contributed by atoms with Gasteiger partial charge in [0.05, 0.1) is 0 Å². The van der Waals surface area contributed by atoms with Gasteiger partial charge in [0.2, 0.25) is 0 Å². The number of nitrogens with two attached hydrogens (primary N) is 1. The summed E-state index contributed by atoms with van der Waals surface area (Å²) in [4.78, 5) is 0. The zero-order chi connectivity index (χ0) is 9.68. The van der Waals surface area contributed by atoms with Crippen LogP contribution in [0, 0.1) is 5.92 Å². The molecule has 0 aliphatic carbocycles. The number of aliphatic hydroxyl groups excluding tert-OH is 1. The molecule has 1 rings (SSSR count). The van der Waals surface area contributed by atoms with E-state index < -0.39 is 6.23 Å². The maximum Gasteiger partial charge on any atom is 0.105 e. The second-order valence-electron chi connectivity index (χ2n) is 3.35. The lowest BCUT2D eigenvalue weighted by atomic mass is 9.96. The molecule has 0 spiro atoms. The van der Waals surface area contributed by atoms with Gasteiger partial charge in [0.25, 0.3) is 0 Å². The summed E-state index contributed by atoms with van der Waals surface area (Å²) in [6.07, 6.45) is 1.06. The summed E-state index contributed by atoms with van der Waals surface area (Å²) < 4.78 is 0. The summed E-state index contributed by atoms with van der Waals surface area (Å²) in [5.74, 6) is 0.169. The van der Waals surface area contributed by atoms with Gasteiger partial charge < -0.3 is 10.8 Å². The Morgan fingerprint density at radius 3 is 2.38 bits per heavy atom. The lowest BCUT2D eigenvalue weighted by Gasteiger charge is -2.17. The average molecular weight is 179 g/mol. The predicted octanol–water partition coefficient (Wildman–Crippen LogP) is 1.53. The fraction of sp³-hybridized carbons (Fsp3) is 0.455. The van der Waals surface area contributed by atoms with E-state index in [4.69, 9.17) is 5.73 Å². The van der Waals surface area contributed by atoms with E-state index in [2.05, 4.69) is 12.1 Å². The zero-order valence-electron chi connectivity index (χ0n) is 7.98. The van der Waals surface area contributed by atoms with Crippen molar-refractivity contribution in [2.75, 3.05) is 0 Å². The minimum absolute atomic E-state index is 0.169. The van der Waals surface area contributed by atoms with Gasteiger partial charge >= 0.3 is 0 Å². The highest BCUT2D eigenvalue weighted by Crippen LogP contribution is 2.13. The van der Waals surface area contributed by atoms with E-state index in [9.17, 15) is 5.11 Å². The molecule has 0 aliphatic heterocycles. The van der Waals surface area contributed by atoms with Crippen LogP contribution in [0.3, 0.4) is 0 Å². The van der Waals surface area contributed by atoms with Crippen LogP contribution < -0.4 is 5.73 Å². The van der Waals surface area contributed by atoms with Crippen LogP contribution >= 0.6 is 0 Å². The van der Waals surface area contributed by atoms with E-state index in [1.165, 1.54) is 5.56 Å². The first kappa shape index (κ1) is 10.2. The Morgan fingerprint density at radius 1 is 1.31 bits per heavy atom. The molecule has 0 radical (unpaired) electrons. The van der Waals surface area contributed by atoms with Crippen LogP contribution in [0.25, 0.3) is 0 Å². The van der Waals surface area contributed by atoms with Crippen molar-refractivity contribution < 1.29 is 5.11 Å². The highest BCUT2D eigenvalue weighted by Gasteiger charge is 2.12. The van der Waals surface area contributed by atoms with Gasteiger partial charge in [0.15, 0.2) is 0 Å². The van der Waals surface area contributed by atoms with E-state index in [0.717, 1.165) is 12.8 Å². The lowest BCUT2D eigenvalue weighted by molar-refractivity contribution is 0.111. The predicted molar refractivity (Wildman–Crippen MR) is 54.1 cm³/mol. The van der Waals surface area contributed by atoms with Crippen LogP contribution in [0.2, 0.25) is 0 Å². The van der Waals surface area contributed by atoms with Crippen molar-refractivity contribution >= 4 is 0 Å². The minimum Gasteiger partial charge on any atom is -0.379 e. The molecule has 3 N–H and O–H groups in total. The fourth-order valence-corrected chi connectivity index (χ4v) is 1.42. The number of rotatable bonds is 4. The molecule has 2 nitrogen and oxygen atoms in total. The molecule has 72 valence electrons. The van der Waals surface area contributed by atoms with E-state index in [-0.39, 0.29) is 5.92 Å². The Balaban J connectivity index is 2.57. The number of hydrogen-bond acceptors (Lipinski definition) is 2. The van der Waals surface area contributed by atoms with E-state index in [1.54, 1.807) is 0 Å². The smallest absolute Gasteiger partial charge is 0.105 e. The van der Waals surface area contributed by atoms with E-state index in [0.29, 0.717) is 0 Å². The van der Waals surface area contributed by atoms with Crippen molar-refractivity contribution in [2.24, 2.45) is 11.7 Å². The van der Waals surface area contributed by atoms with Gasteiger partial charge in [-0.25, -0.2) is 0 Å². The first-order valence-corrected chi connectivity index (χ1v) is 4.71. The Bertz CT molecular complexity index is 233. The van der Waals surface area contributed by atoms with Crippen LogP contribution in [0.4, 0.5) is 0 Å². The topological polar surface area (TPSA) is 46.2 Å². The third-order valence-electron chi connectivity index (χ3n) is 2.35. The average Bonchev–Trinajstić information content (AvgIpc) is 2.15. The van der Waals surface area contributed by atoms with Gasteiger partial charge in [-0.1, -0.05) is 37.3 Å². The molecule has 0 saturated heterocycles. The summed E-state index contributed by atoms with van der Waals surface area (Å²) in [5.41, 5.74) is 6.69. The summed E-state index contributed by atoms with van der Waals surface area (Å²) in [6.45, 7) is 2.05. The van der Waals surface area contributed by atoms with Gasteiger partial charge in [-0.2, -0.15) is 0 Å². The van der Waals surface area contributed by atoms with Crippen LogP contribution in [0.1, 0.15) is 18.9 Å². The zero-order valence-corrected chi connectivity index (χ0v) is 7.98. The van der Waals surface area contributed by atoms with Crippen molar-refractivity contribution in [3.63, 3.8) is 0 Å². The van der Waals surface area contributed by atoms with Gasteiger partial charge in [-0.3, -0.25) is 0 Å². The SMILES string of the molecule is CCC(Cc1ccccc1)[C@@H](N)O.